The molecule has 1 N–H and O–H groups in total. The van der Waals surface area contributed by atoms with Crippen LogP contribution in [0.5, 0.6) is 0 Å². The Hall–Kier alpha value is -1.88. The maximum absolute atomic E-state index is 11.5. The molecule has 0 aliphatic heterocycles. The second-order valence-electron chi connectivity index (χ2n) is 5.78. The normalized spacial score (nSPS) is 13.4. The summed E-state index contributed by atoms with van der Waals surface area (Å²) in [5.74, 6) is 0.731. The fraction of sp³-hybridized carbons (Fsp3) is 0.471. The number of halogens is 1. The maximum Gasteiger partial charge on any atom is 0.220 e. The van der Waals surface area contributed by atoms with Crippen molar-refractivity contribution in [2.24, 2.45) is 0 Å². The lowest BCUT2D eigenvalue weighted by Gasteiger charge is -2.10. The van der Waals surface area contributed by atoms with Gasteiger partial charge in [-0.1, -0.05) is 6.92 Å². The van der Waals surface area contributed by atoms with E-state index in [1.54, 1.807) is 0 Å². The second kappa shape index (κ2) is 8.11. The standard InChI is InChI=1S/C17H22N4O.ClH/c1-2-3-16(22)19-10-11-21-17(14-4-5-14)15(12-20-21)13-6-8-18-9-7-13;/h6-9,12,14H,2-5,10-11H2,1H3,(H,19,22);1H. The molecule has 0 atom stereocenters. The van der Waals surface area contributed by atoms with Gasteiger partial charge in [0, 0.05) is 42.5 Å². The van der Waals surface area contributed by atoms with Gasteiger partial charge in [-0.05, 0) is 37.0 Å². The third kappa shape index (κ3) is 4.32. The highest BCUT2D eigenvalue weighted by molar-refractivity contribution is 5.85. The monoisotopic (exact) mass is 334 g/mol. The van der Waals surface area contributed by atoms with Crippen LogP contribution in [0.15, 0.2) is 30.7 Å². The summed E-state index contributed by atoms with van der Waals surface area (Å²) < 4.78 is 2.06. The van der Waals surface area contributed by atoms with E-state index in [1.165, 1.54) is 24.1 Å². The number of hydrogen-bond donors (Lipinski definition) is 1. The lowest BCUT2D eigenvalue weighted by atomic mass is 10.1. The zero-order valence-electron chi connectivity index (χ0n) is 13.4. The molecular formula is C17H23ClN4O. The minimum Gasteiger partial charge on any atom is -0.354 e. The van der Waals surface area contributed by atoms with E-state index in [0.717, 1.165) is 18.5 Å². The number of amides is 1. The van der Waals surface area contributed by atoms with E-state index in [0.29, 0.717) is 18.9 Å². The lowest BCUT2D eigenvalue weighted by molar-refractivity contribution is -0.121. The summed E-state index contributed by atoms with van der Waals surface area (Å²) in [6, 6.07) is 4.05. The zero-order chi connectivity index (χ0) is 15.4. The number of nitrogens with one attached hydrogen (secondary N) is 1. The van der Waals surface area contributed by atoms with E-state index in [2.05, 4.69) is 20.1 Å². The van der Waals surface area contributed by atoms with Gasteiger partial charge in [-0.15, -0.1) is 12.4 Å². The van der Waals surface area contributed by atoms with Crippen molar-refractivity contribution in [3.8, 4) is 11.1 Å². The number of hydrogen-bond acceptors (Lipinski definition) is 3. The van der Waals surface area contributed by atoms with Gasteiger partial charge in [0.05, 0.1) is 12.7 Å². The maximum atomic E-state index is 11.5. The van der Waals surface area contributed by atoms with Crippen LogP contribution < -0.4 is 5.32 Å². The molecule has 0 spiro atoms. The van der Waals surface area contributed by atoms with Gasteiger partial charge in [-0.25, -0.2) is 0 Å². The molecule has 1 aliphatic rings. The molecule has 0 unspecified atom stereocenters. The van der Waals surface area contributed by atoms with Crippen molar-refractivity contribution in [1.29, 1.82) is 0 Å². The van der Waals surface area contributed by atoms with Crippen molar-refractivity contribution in [2.75, 3.05) is 6.54 Å². The summed E-state index contributed by atoms with van der Waals surface area (Å²) in [5.41, 5.74) is 3.67. The van der Waals surface area contributed by atoms with Gasteiger partial charge >= 0.3 is 0 Å². The Morgan fingerprint density at radius 3 is 2.74 bits per heavy atom. The van der Waals surface area contributed by atoms with Crippen molar-refractivity contribution < 1.29 is 4.79 Å². The highest BCUT2D eigenvalue weighted by Crippen LogP contribution is 2.44. The largest absolute Gasteiger partial charge is 0.354 e. The van der Waals surface area contributed by atoms with Crippen LogP contribution in [0, 0.1) is 0 Å². The van der Waals surface area contributed by atoms with Crippen molar-refractivity contribution in [3.63, 3.8) is 0 Å². The van der Waals surface area contributed by atoms with Crippen LogP contribution >= 0.6 is 12.4 Å². The van der Waals surface area contributed by atoms with Crippen LogP contribution in [-0.4, -0.2) is 27.2 Å². The molecule has 0 saturated heterocycles. The molecule has 6 heteroatoms. The van der Waals surface area contributed by atoms with E-state index in [1.807, 2.05) is 37.6 Å². The Labute approximate surface area is 142 Å². The van der Waals surface area contributed by atoms with E-state index in [9.17, 15) is 4.79 Å². The highest BCUT2D eigenvalue weighted by atomic mass is 35.5. The van der Waals surface area contributed by atoms with Gasteiger partial charge in [0.2, 0.25) is 5.91 Å². The molecule has 2 aromatic rings. The third-order valence-electron chi connectivity index (χ3n) is 3.96. The number of carbonyl (C=O) groups is 1. The molecular weight excluding hydrogens is 312 g/mol. The molecule has 0 bridgehead atoms. The fourth-order valence-corrected chi connectivity index (χ4v) is 2.73. The molecule has 0 radical (unpaired) electrons. The van der Waals surface area contributed by atoms with Gasteiger partial charge in [0.25, 0.3) is 0 Å². The van der Waals surface area contributed by atoms with Gasteiger partial charge < -0.3 is 5.32 Å². The number of aromatic nitrogens is 3. The first-order valence-electron chi connectivity index (χ1n) is 8.02. The molecule has 23 heavy (non-hydrogen) atoms. The predicted molar refractivity (Wildman–Crippen MR) is 92.6 cm³/mol. The topological polar surface area (TPSA) is 59.8 Å². The molecule has 124 valence electrons. The number of carbonyl (C=O) groups excluding carboxylic acids is 1. The first-order valence-corrected chi connectivity index (χ1v) is 8.02. The Bertz CT molecular complexity index is 637. The van der Waals surface area contributed by atoms with Crippen molar-refractivity contribution in [3.05, 3.63) is 36.4 Å². The van der Waals surface area contributed by atoms with E-state index in [4.69, 9.17) is 0 Å². The zero-order valence-corrected chi connectivity index (χ0v) is 14.2. The molecule has 1 fully saturated rings. The van der Waals surface area contributed by atoms with Crippen LogP contribution in [0.1, 0.15) is 44.2 Å². The Morgan fingerprint density at radius 2 is 2.09 bits per heavy atom. The lowest BCUT2D eigenvalue weighted by Crippen LogP contribution is -2.27. The van der Waals surface area contributed by atoms with Crippen LogP contribution in [0.3, 0.4) is 0 Å². The minimum atomic E-state index is 0. The average Bonchev–Trinajstić information content (AvgIpc) is 3.29. The highest BCUT2D eigenvalue weighted by Gasteiger charge is 2.30. The van der Waals surface area contributed by atoms with Gasteiger partial charge in [0.15, 0.2) is 0 Å². The minimum absolute atomic E-state index is 0. The van der Waals surface area contributed by atoms with E-state index >= 15 is 0 Å². The second-order valence-corrected chi connectivity index (χ2v) is 5.78. The van der Waals surface area contributed by atoms with Crippen molar-refractivity contribution in [2.45, 2.75) is 45.1 Å². The van der Waals surface area contributed by atoms with Crippen LogP contribution in [-0.2, 0) is 11.3 Å². The van der Waals surface area contributed by atoms with Crippen LogP contribution in [0.25, 0.3) is 11.1 Å². The first-order chi connectivity index (χ1) is 10.8. The van der Waals surface area contributed by atoms with Gasteiger partial charge in [-0.3, -0.25) is 14.5 Å². The molecule has 1 saturated carbocycles. The van der Waals surface area contributed by atoms with Crippen LogP contribution in [0.4, 0.5) is 0 Å². The molecule has 2 heterocycles. The first kappa shape index (κ1) is 17.5. The Balaban J connectivity index is 0.00000192. The molecule has 5 nitrogen and oxygen atoms in total. The molecule has 3 rings (SSSR count). The number of pyridine rings is 1. The number of rotatable bonds is 7. The molecule has 0 aromatic carbocycles. The predicted octanol–water partition coefficient (Wildman–Crippen LogP) is 3.16. The third-order valence-corrected chi connectivity index (χ3v) is 3.96. The quantitative estimate of drug-likeness (QED) is 0.846. The Morgan fingerprint density at radius 1 is 1.35 bits per heavy atom. The summed E-state index contributed by atoms with van der Waals surface area (Å²) in [7, 11) is 0. The van der Waals surface area contributed by atoms with Crippen molar-refractivity contribution >= 4 is 18.3 Å². The fourth-order valence-electron chi connectivity index (χ4n) is 2.73. The molecule has 1 aliphatic carbocycles. The van der Waals surface area contributed by atoms with Gasteiger partial charge in [0.1, 0.15) is 0 Å². The summed E-state index contributed by atoms with van der Waals surface area (Å²) in [4.78, 5) is 15.6. The summed E-state index contributed by atoms with van der Waals surface area (Å²) in [6.07, 6.45) is 9.50. The molecule has 1 amide bonds. The van der Waals surface area contributed by atoms with Gasteiger partial charge in [-0.2, -0.15) is 5.10 Å². The average molecular weight is 335 g/mol. The Kier molecular flexibility index (Phi) is 6.16. The van der Waals surface area contributed by atoms with Crippen LogP contribution in [0.2, 0.25) is 0 Å². The number of nitrogens with zero attached hydrogens (tertiary/aromatic N) is 3. The van der Waals surface area contributed by atoms with E-state index < -0.39 is 0 Å². The summed E-state index contributed by atoms with van der Waals surface area (Å²) in [5, 5.41) is 7.50. The smallest absolute Gasteiger partial charge is 0.220 e. The SMILES string of the molecule is CCCC(=O)NCCn1ncc(-c2ccncc2)c1C1CC1.Cl. The molecule has 2 aromatic heterocycles. The summed E-state index contributed by atoms with van der Waals surface area (Å²) in [6.45, 7) is 3.38. The van der Waals surface area contributed by atoms with Crippen molar-refractivity contribution in [1.82, 2.24) is 20.1 Å². The summed E-state index contributed by atoms with van der Waals surface area (Å²) >= 11 is 0. The van der Waals surface area contributed by atoms with E-state index in [-0.39, 0.29) is 18.3 Å².